The van der Waals surface area contributed by atoms with Gasteiger partial charge in [0, 0.05) is 32.1 Å². The van der Waals surface area contributed by atoms with E-state index < -0.39 is 5.97 Å². The molecule has 4 heterocycles. The molecule has 0 unspecified atom stereocenters. The second kappa shape index (κ2) is 11.1. The first-order valence-electron chi connectivity index (χ1n) is 11.3. The molecule has 4 rings (SSSR count). The number of methoxy groups -OCH3 is 1. The van der Waals surface area contributed by atoms with Gasteiger partial charge in [0.1, 0.15) is 22.0 Å². The van der Waals surface area contributed by atoms with Gasteiger partial charge in [0.2, 0.25) is 0 Å². The molecule has 13 heteroatoms. The summed E-state index contributed by atoms with van der Waals surface area (Å²) in [6.07, 6.45) is 3.48. The van der Waals surface area contributed by atoms with Gasteiger partial charge in [-0.2, -0.15) is 0 Å². The lowest BCUT2D eigenvalue weighted by molar-refractivity contribution is 0.0531. The summed E-state index contributed by atoms with van der Waals surface area (Å²) < 4.78 is 11.0. The van der Waals surface area contributed by atoms with Crippen molar-refractivity contribution in [3.05, 3.63) is 44.4 Å². The molecule has 10 nitrogen and oxygen atoms in total. The van der Waals surface area contributed by atoms with E-state index in [0.717, 1.165) is 5.69 Å². The third kappa shape index (κ3) is 5.34. The van der Waals surface area contributed by atoms with Gasteiger partial charge in [-0.1, -0.05) is 34.5 Å². The standard InChI is InChI=1S/C23H26Cl2N6O4S/c1-5-35-22(33)20-18(14-9-26-11(2)8-27-14)30-23(36-20)31-7-6-13(15(10-31)34-4)29-21(32)19-17(25)16(24)12(3)28-19/h8-9,13,15,28H,5-7,10H2,1-4H3,(H,29,32)/t13-,15+/m1/s1. The number of nitrogens with one attached hydrogen (secondary N) is 2. The van der Waals surface area contributed by atoms with Crippen molar-refractivity contribution in [1.82, 2.24) is 25.3 Å². The number of carbonyl (C=O) groups excluding carboxylic acids is 2. The highest BCUT2D eigenvalue weighted by Gasteiger charge is 2.34. The van der Waals surface area contributed by atoms with Gasteiger partial charge in [-0.3, -0.25) is 14.8 Å². The maximum absolute atomic E-state index is 12.8. The number of rotatable bonds is 7. The fourth-order valence-corrected chi connectivity index (χ4v) is 5.35. The summed E-state index contributed by atoms with van der Waals surface area (Å²) >= 11 is 13.6. The molecule has 0 bridgehead atoms. The number of nitrogens with zero attached hydrogens (tertiary/aromatic N) is 4. The number of esters is 1. The zero-order chi connectivity index (χ0) is 26.0. The van der Waals surface area contributed by atoms with Crippen molar-refractivity contribution in [1.29, 1.82) is 0 Å². The second-order valence-corrected chi connectivity index (χ2v) is 10.0. The molecule has 3 aromatic heterocycles. The Balaban J connectivity index is 1.54. The Bertz CT molecular complexity index is 1260. The summed E-state index contributed by atoms with van der Waals surface area (Å²) in [5, 5.41) is 4.16. The van der Waals surface area contributed by atoms with Crippen LogP contribution in [0.25, 0.3) is 11.4 Å². The first-order chi connectivity index (χ1) is 17.2. The lowest BCUT2D eigenvalue weighted by Crippen LogP contribution is -2.55. The highest BCUT2D eigenvalue weighted by molar-refractivity contribution is 7.17. The summed E-state index contributed by atoms with van der Waals surface area (Å²) in [5.74, 6) is -0.810. The fraction of sp³-hybridized carbons (Fsp3) is 0.435. The van der Waals surface area contributed by atoms with E-state index in [2.05, 4.69) is 20.3 Å². The minimum atomic E-state index is -0.458. The summed E-state index contributed by atoms with van der Waals surface area (Å²) in [6.45, 7) is 6.62. The number of piperidine rings is 1. The Morgan fingerprint density at radius 1 is 1.25 bits per heavy atom. The minimum Gasteiger partial charge on any atom is -0.462 e. The predicted octanol–water partition coefficient (Wildman–Crippen LogP) is 4.05. The molecule has 0 saturated carbocycles. The number of hydrogen-bond donors (Lipinski definition) is 2. The first-order valence-corrected chi connectivity index (χ1v) is 12.9. The molecule has 2 atom stereocenters. The Labute approximate surface area is 222 Å². The zero-order valence-electron chi connectivity index (χ0n) is 20.2. The molecule has 1 fully saturated rings. The lowest BCUT2D eigenvalue weighted by Gasteiger charge is -2.37. The Morgan fingerprint density at radius 2 is 2.03 bits per heavy atom. The van der Waals surface area contributed by atoms with Crippen LogP contribution in [0.15, 0.2) is 12.4 Å². The Morgan fingerprint density at radius 3 is 2.64 bits per heavy atom. The van der Waals surface area contributed by atoms with E-state index in [1.165, 1.54) is 11.3 Å². The Kier molecular flexibility index (Phi) is 8.13. The van der Waals surface area contributed by atoms with Crippen LogP contribution in [0.2, 0.25) is 10.0 Å². The van der Waals surface area contributed by atoms with E-state index in [1.54, 1.807) is 33.4 Å². The quantitative estimate of drug-likeness (QED) is 0.421. The van der Waals surface area contributed by atoms with Crippen molar-refractivity contribution in [2.75, 3.05) is 31.7 Å². The average Bonchev–Trinajstić information content (AvgIpc) is 3.42. The average molecular weight is 553 g/mol. The van der Waals surface area contributed by atoms with E-state index >= 15 is 0 Å². The van der Waals surface area contributed by atoms with Gasteiger partial charge in [0.05, 0.1) is 40.7 Å². The van der Waals surface area contributed by atoms with Crippen LogP contribution in [0.1, 0.15) is 44.9 Å². The SMILES string of the molecule is CCOC(=O)c1sc(N2CC[C@@H](NC(=O)c3[nH]c(C)c(Cl)c3Cl)[C@@H](OC)C2)nc1-c1cnc(C)cn1. The van der Waals surface area contributed by atoms with Gasteiger partial charge in [-0.05, 0) is 27.2 Å². The lowest BCUT2D eigenvalue weighted by atomic mass is 10.0. The van der Waals surface area contributed by atoms with Gasteiger partial charge in [0.25, 0.3) is 5.91 Å². The largest absolute Gasteiger partial charge is 0.462 e. The van der Waals surface area contributed by atoms with Crippen molar-refractivity contribution < 1.29 is 19.1 Å². The third-order valence-electron chi connectivity index (χ3n) is 5.83. The van der Waals surface area contributed by atoms with Crippen LogP contribution in [0, 0.1) is 13.8 Å². The van der Waals surface area contributed by atoms with Crippen LogP contribution in [0.4, 0.5) is 5.13 Å². The highest BCUT2D eigenvalue weighted by atomic mass is 35.5. The fourth-order valence-electron chi connectivity index (χ4n) is 3.93. The number of aromatic nitrogens is 4. The van der Waals surface area contributed by atoms with Crippen LogP contribution in [-0.4, -0.2) is 70.8 Å². The minimum absolute atomic E-state index is 0.194. The van der Waals surface area contributed by atoms with Gasteiger partial charge in [-0.25, -0.2) is 9.78 Å². The topological polar surface area (TPSA) is 122 Å². The molecule has 3 aromatic rings. The summed E-state index contributed by atoms with van der Waals surface area (Å²) in [4.78, 5) is 44.2. The van der Waals surface area contributed by atoms with Crippen LogP contribution in [0.3, 0.4) is 0 Å². The number of H-pyrrole nitrogens is 1. The zero-order valence-corrected chi connectivity index (χ0v) is 22.6. The van der Waals surface area contributed by atoms with Crippen molar-refractivity contribution in [3.8, 4) is 11.4 Å². The smallest absolute Gasteiger partial charge is 0.350 e. The van der Waals surface area contributed by atoms with E-state index in [0.29, 0.717) is 51.6 Å². The number of anilines is 1. The molecule has 1 aliphatic heterocycles. The van der Waals surface area contributed by atoms with Crippen LogP contribution in [-0.2, 0) is 9.47 Å². The molecule has 0 radical (unpaired) electrons. The Hall–Kier alpha value is -2.73. The molecule has 36 heavy (non-hydrogen) atoms. The normalized spacial score (nSPS) is 17.8. The number of aryl methyl sites for hydroxylation is 2. The molecule has 2 N–H and O–H groups in total. The molecule has 1 saturated heterocycles. The van der Waals surface area contributed by atoms with Gasteiger partial charge in [0.15, 0.2) is 5.13 Å². The van der Waals surface area contributed by atoms with Crippen LogP contribution in [0.5, 0.6) is 0 Å². The van der Waals surface area contributed by atoms with Crippen molar-refractivity contribution >= 4 is 51.5 Å². The maximum atomic E-state index is 12.8. The van der Waals surface area contributed by atoms with E-state index in [4.69, 9.17) is 37.7 Å². The number of halogens is 2. The van der Waals surface area contributed by atoms with Crippen molar-refractivity contribution in [2.24, 2.45) is 0 Å². The summed E-state index contributed by atoms with van der Waals surface area (Å²) in [6, 6.07) is -0.260. The highest BCUT2D eigenvalue weighted by Crippen LogP contribution is 2.35. The number of aromatic amines is 1. The van der Waals surface area contributed by atoms with Gasteiger partial charge < -0.3 is 24.7 Å². The molecule has 1 aliphatic rings. The van der Waals surface area contributed by atoms with E-state index in [-0.39, 0.29) is 35.4 Å². The number of ether oxygens (including phenoxy) is 2. The summed E-state index contributed by atoms with van der Waals surface area (Å²) in [5.41, 5.74) is 2.53. The monoisotopic (exact) mass is 552 g/mol. The van der Waals surface area contributed by atoms with Gasteiger partial charge in [-0.15, -0.1) is 0 Å². The maximum Gasteiger partial charge on any atom is 0.350 e. The number of thiazole rings is 1. The van der Waals surface area contributed by atoms with Crippen molar-refractivity contribution in [3.63, 3.8) is 0 Å². The molecule has 0 spiro atoms. The molecular formula is C23H26Cl2N6O4S. The van der Waals surface area contributed by atoms with Crippen LogP contribution >= 0.6 is 34.5 Å². The van der Waals surface area contributed by atoms with E-state index in [1.807, 2.05) is 11.8 Å². The summed E-state index contributed by atoms with van der Waals surface area (Å²) in [7, 11) is 1.59. The second-order valence-electron chi connectivity index (χ2n) is 8.28. The third-order valence-corrected chi connectivity index (χ3v) is 7.87. The number of carbonyl (C=O) groups is 2. The van der Waals surface area contributed by atoms with Crippen molar-refractivity contribution in [2.45, 2.75) is 39.3 Å². The predicted molar refractivity (Wildman–Crippen MR) is 138 cm³/mol. The first kappa shape index (κ1) is 26.3. The number of amides is 1. The van der Waals surface area contributed by atoms with Gasteiger partial charge >= 0.3 is 5.97 Å². The molecule has 192 valence electrons. The van der Waals surface area contributed by atoms with Crippen LogP contribution < -0.4 is 10.2 Å². The molecule has 1 amide bonds. The van der Waals surface area contributed by atoms with E-state index in [9.17, 15) is 9.59 Å². The molecule has 0 aromatic carbocycles. The molecule has 0 aliphatic carbocycles. The molecular weight excluding hydrogens is 527 g/mol. The number of hydrogen-bond acceptors (Lipinski definition) is 9.